The van der Waals surface area contributed by atoms with Crippen molar-refractivity contribution in [1.82, 2.24) is 0 Å². The van der Waals surface area contributed by atoms with E-state index >= 15 is 0 Å². The predicted molar refractivity (Wildman–Crippen MR) is 82.1 cm³/mol. The topological polar surface area (TPSA) is 18.5 Å². The molecule has 4 unspecified atom stereocenters. The lowest BCUT2D eigenvalue weighted by molar-refractivity contribution is 0.317. The van der Waals surface area contributed by atoms with E-state index in [1.807, 2.05) is 12.1 Å². The van der Waals surface area contributed by atoms with E-state index in [1.165, 1.54) is 25.7 Å². The monoisotopic (exact) mass is 314 g/mol. The summed E-state index contributed by atoms with van der Waals surface area (Å²) < 4.78 is 10.7. The van der Waals surface area contributed by atoms with Gasteiger partial charge in [0.1, 0.15) is 16.5 Å². The molecule has 0 heterocycles. The van der Waals surface area contributed by atoms with Gasteiger partial charge in [-0.3, -0.25) is 0 Å². The molecular weight excluding hydrogens is 295 g/mol. The number of ether oxygens (including phenoxy) is 2. The van der Waals surface area contributed by atoms with Crippen molar-refractivity contribution >= 4 is 23.2 Å². The molecule has 110 valence electrons. The summed E-state index contributed by atoms with van der Waals surface area (Å²) in [6, 6.07) is 3.87. The van der Waals surface area contributed by atoms with E-state index in [2.05, 4.69) is 0 Å². The second-order valence-electron chi connectivity index (χ2n) is 5.94. The number of alkyl halides is 1. The van der Waals surface area contributed by atoms with Gasteiger partial charge in [0, 0.05) is 5.56 Å². The Morgan fingerprint density at radius 3 is 2.50 bits per heavy atom. The quantitative estimate of drug-likeness (QED) is 0.722. The second kappa shape index (κ2) is 5.65. The molecule has 0 aromatic heterocycles. The minimum atomic E-state index is -0.0244. The van der Waals surface area contributed by atoms with E-state index < -0.39 is 0 Å². The molecule has 2 nitrogen and oxygen atoms in total. The summed E-state index contributed by atoms with van der Waals surface area (Å²) in [4.78, 5) is 0. The first kappa shape index (κ1) is 14.3. The van der Waals surface area contributed by atoms with Crippen LogP contribution in [0, 0.1) is 17.8 Å². The fraction of sp³-hybridized carbons (Fsp3) is 0.625. The molecule has 2 bridgehead atoms. The average Bonchev–Trinajstić information content (AvgIpc) is 3.08. The second-order valence-corrected chi connectivity index (χ2v) is 6.79. The molecule has 2 aliphatic rings. The first-order chi connectivity index (χ1) is 9.65. The Labute approximate surface area is 130 Å². The minimum absolute atomic E-state index is 0.0244. The zero-order chi connectivity index (χ0) is 14.3. The van der Waals surface area contributed by atoms with Gasteiger partial charge in [-0.2, -0.15) is 0 Å². The van der Waals surface area contributed by atoms with Crippen LogP contribution < -0.4 is 9.47 Å². The third-order valence-corrected chi connectivity index (χ3v) is 5.90. The summed E-state index contributed by atoms with van der Waals surface area (Å²) in [5.41, 5.74) is 0.998. The number of hydrogen-bond donors (Lipinski definition) is 0. The Morgan fingerprint density at radius 2 is 1.95 bits per heavy atom. The number of halogens is 2. The highest BCUT2D eigenvalue weighted by Crippen LogP contribution is 2.56. The van der Waals surface area contributed by atoms with Crippen LogP contribution in [0.3, 0.4) is 0 Å². The Bertz CT molecular complexity index is 503. The summed E-state index contributed by atoms with van der Waals surface area (Å²) >= 11 is 13.1. The standard InChI is InChI=1S/C16H20Cl2O2/c1-19-13-6-5-11(16(20-2)15(13)18)14(17)12-8-9-3-4-10(12)7-9/h5-6,9-10,12,14H,3-4,7-8H2,1-2H3. The molecular formula is C16H20Cl2O2. The summed E-state index contributed by atoms with van der Waals surface area (Å²) in [5, 5.41) is 0.491. The van der Waals surface area contributed by atoms with Crippen LogP contribution in [0.1, 0.15) is 36.6 Å². The van der Waals surface area contributed by atoms with Crippen LogP contribution in [0.5, 0.6) is 11.5 Å². The van der Waals surface area contributed by atoms with Crippen molar-refractivity contribution in [2.24, 2.45) is 17.8 Å². The maximum absolute atomic E-state index is 6.78. The molecule has 3 rings (SSSR count). The molecule has 0 spiro atoms. The molecule has 0 saturated heterocycles. The number of hydrogen-bond acceptors (Lipinski definition) is 2. The molecule has 4 heteroatoms. The van der Waals surface area contributed by atoms with Crippen molar-refractivity contribution in [3.05, 3.63) is 22.7 Å². The van der Waals surface area contributed by atoms with E-state index in [1.54, 1.807) is 14.2 Å². The molecule has 2 aliphatic carbocycles. The van der Waals surface area contributed by atoms with Crippen LogP contribution in [0.25, 0.3) is 0 Å². The van der Waals surface area contributed by atoms with E-state index in [0.29, 0.717) is 22.4 Å². The van der Waals surface area contributed by atoms with Crippen LogP contribution in [-0.2, 0) is 0 Å². The molecule has 0 N–H and O–H groups in total. The minimum Gasteiger partial charge on any atom is -0.495 e. The van der Waals surface area contributed by atoms with Gasteiger partial charge in [0.15, 0.2) is 0 Å². The number of rotatable bonds is 4. The average molecular weight is 315 g/mol. The molecule has 4 atom stereocenters. The molecule has 20 heavy (non-hydrogen) atoms. The summed E-state index contributed by atoms with van der Waals surface area (Å²) in [6.07, 6.45) is 5.29. The highest BCUT2D eigenvalue weighted by Gasteiger charge is 2.43. The lowest BCUT2D eigenvalue weighted by Gasteiger charge is -2.28. The normalized spacial score (nSPS) is 29.5. The maximum atomic E-state index is 6.78. The highest BCUT2D eigenvalue weighted by atomic mass is 35.5. The number of methoxy groups -OCH3 is 2. The number of benzene rings is 1. The predicted octanol–water partition coefficient (Wildman–Crippen LogP) is 5.07. The molecule has 1 aromatic carbocycles. The summed E-state index contributed by atoms with van der Waals surface area (Å²) in [6.45, 7) is 0. The van der Waals surface area contributed by atoms with Gasteiger partial charge in [-0.25, -0.2) is 0 Å². The van der Waals surface area contributed by atoms with Crippen molar-refractivity contribution in [2.75, 3.05) is 14.2 Å². The summed E-state index contributed by atoms with van der Waals surface area (Å²) in [5.74, 6) is 3.49. The van der Waals surface area contributed by atoms with Crippen LogP contribution >= 0.6 is 23.2 Å². The van der Waals surface area contributed by atoms with Crippen molar-refractivity contribution < 1.29 is 9.47 Å². The van der Waals surface area contributed by atoms with Gasteiger partial charge >= 0.3 is 0 Å². The summed E-state index contributed by atoms with van der Waals surface area (Å²) in [7, 11) is 3.24. The Hall–Kier alpha value is -0.600. The smallest absolute Gasteiger partial charge is 0.145 e. The van der Waals surface area contributed by atoms with Gasteiger partial charge in [-0.15, -0.1) is 11.6 Å². The molecule has 1 aromatic rings. The first-order valence-corrected chi connectivity index (χ1v) is 8.01. The zero-order valence-corrected chi connectivity index (χ0v) is 13.4. The van der Waals surface area contributed by atoms with Gasteiger partial charge in [0.25, 0.3) is 0 Å². The van der Waals surface area contributed by atoms with Crippen LogP contribution in [-0.4, -0.2) is 14.2 Å². The van der Waals surface area contributed by atoms with E-state index in [4.69, 9.17) is 32.7 Å². The highest BCUT2D eigenvalue weighted by molar-refractivity contribution is 6.34. The van der Waals surface area contributed by atoms with Gasteiger partial charge in [-0.1, -0.05) is 24.1 Å². The molecule has 2 fully saturated rings. The van der Waals surface area contributed by atoms with Gasteiger partial charge in [0.05, 0.1) is 19.6 Å². The molecule has 0 aliphatic heterocycles. The number of fused-ring (bicyclic) bond motifs is 2. The van der Waals surface area contributed by atoms with Gasteiger partial charge in [0.2, 0.25) is 0 Å². The molecule has 2 saturated carbocycles. The van der Waals surface area contributed by atoms with E-state index in [0.717, 1.165) is 17.4 Å². The van der Waals surface area contributed by atoms with Gasteiger partial charge in [-0.05, 0) is 43.1 Å². The van der Waals surface area contributed by atoms with Crippen molar-refractivity contribution in [3.63, 3.8) is 0 Å². The third-order valence-electron chi connectivity index (χ3n) is 4.98. The zero-order valence-electron chi connectivity index (χ0n) is 11.9. The van der Waals surface area contributed by atoms with Gasteiger partial charge < -0.3 is 9.47 Å². The Balaban J connectivity index is 1.91. The fourth-order valence-electron chi connectivity index (χ4n) is 4.02. The lowest BCUT2D eigenvalue weighted by atomic mass is 9.83. The van der Waals surface area contributed by atoms with Crippen LogP contribution in [0.2, 0.25) is 5.02 Å². The lowest BCUT2D eigenvalue weighted by Crippen LogP contribution is -2.16. The Morgan fingerprint density at radius 1 is 1.15 bits per heavy atom. The molecule has 0 amide bonds. The Kier molecular flexibility index (Phi) is 4.05. The fourth-order valence-corrected chi connectivity index (χ4v) is 4.83. The van der Waals surface area contributed by atoms with E-state index in [-0.39, 0.29) is 5.38 Å². The first-order valence-electron chi connectivity index (χ1n) is 7.20. The third kappa shape index (κ3) is 2.27. The van der Waals surface area contributed by atoms with Crippen LogP contribution in [0.15, 0.2) is 12.1 Å². The molecule has 0 radical (unpaired) electrons. The van der Waals surface area contributed by atoms with Crippen LogP contribution in [0.4, 0.5) is 0 Å². The van der Waals surface area contributed by atoms with Crippen molar-refractivity contribution in [3.8, 4) is 11.5 Å². The SMILES string of the molecule is COc1ccc(C(Cl)C2CC3CCC2C3)c(OC)c1Cl. The van der Waals surface area contributed by atoms with E-state index in [9.17, 15) is 0 Å². The largest absolute Gasteiger partial charge is 0.495 e. The van der Waals surface area contributed by atoms with Crippen molar-refractivity contribution in [1.29, 1.82) is 0 Å². The maximum Gasteiger partial charge on any atom is 0.145 e. The van der Waals surface area contributed by atoms with Crippen molar-refractivity contribution in [2.45, 2.75) is 31.1 Å².